The average molecular weight is 447 g/mol. The van der Waals surface area contributed by atoms with Crippen LogP contribution in [0.25, 0.3) is 11.4 Å². The summed E-state index contributed by atoms with van der Waals surface area (Å²) in [5, 5.41) is 15.4. The third-order valence-corrected chi connectivity index (χ3v) is 5.26. The Kier molecular flexibility index (Phi) is 5.08. The van der Waals surface area contributed by atoms with E-state index in [1.165, 1.54) is 18.2 Å². The summed E-state index contributed by atoms with van der Waals surface area (Å²) in [4.78, 5) is 17.5. The molecule has 0 N–H and O–H groups in total. The number of hydrogen-bond acceptors (Lipinski definition) is 6. The van der Waals surface area contributed by atoms with Gasteiger partial charge in [0.2, 0.25) is 11.7 Å². The third-order valence-electron chi connectivity index (χ3n) is 4.77. The van der Waals surface area contributed by atoms with Crippen molar-refractivity contribution in [2.75, 3.05) is 18.0 Å². The molecule has 1 aromatic heterocycles. The summed E-state index contributed by atoms with van der Waals surface area (Å²) in [6.45, 7) is 1.25. The van der Waals surface area contributed by atoms with E-state index in [1.54, 1.807) is 24.3 Å². The number of anilines is 1. The molecular weight excluding hydrogens is 431 g/mol. The van der Waals surface area contributed by atoms with E-state index < -0.39 is 0 Å². The predicted octanol–water partition coefficient (Wildman–Crippen LogP) is 4.93. The lowest BCUT2D eigenvalue weighted by Gasteiger charge is -2.32. The number of nitro benzene ring substituents is 1. The van der Waals surface area contributed by atoms with E-state index in [2.05, 4.69) is 26.1 Å². The lowest BCUT2D eigenvalue weighted by Crippen LogP contribution is -2.34. The fraction of sp³-hybridized carbons (Fsp3) is 0.263. The van der Waals surface area contributed by atoms with Gasteiger partial charge < -0.3 is 9.42 Å². The number of aromatic nitrogens is 2. The molecular formula is C19H16BrFN4O3. The molecule has 0 amide bonds. The molecule has 0 spiro atoms. The Hall–Kier alpha value is -2.81. The molecule has 1 saturated heterocycles. The number of nitrogens with zero attached hydrogens (tertiary/aromatic N) is 4. The summed E-state index contributed by atoms with van der Waals surface area (Å²) in [6.07, 6.45) is 1.68. The van der Waals surface area contributed by atoms with Gasteiger partial charge in [0.25, 0.3) is 5.69 Å². The maximum atomic E-state index is 13.4. The number of rotatable bonds is 4. The van der Waals surface area contributed by atoms with E-state index in [9.17, 15) is 14.5 Å². The summed E-state index contributed by atoms with van der Waals surface area (Å²) in [7, 11) is 0. The second-order valence-electron chi connectivity index (χ2n) is 6.64. The quantitative estimate of drug-likeness (QED) is 0.417. The molecule has 1 atom stereocenters. The minimum absolute atomic E-state index is 0.0492. The Balaban J connectivity index is 1.58. The summed E-state index contributed by atoms with van der Waals surface area (Å²) in [6, 6.07) is 11.1. The molecule has 1 aliphatic heterocycles. The lowest BCUT2D eigenvalue weighted by molar-refractivity contribution is -0.384. The monoisotopic (exact) mass is 446 g/mol. The van der Waals surface area contributed by atoms with Gasteiger partial charge in [0.1, 0.15) is 11.5 Å². The van der Waals surface area contributed by atoms with E-state index in [0.717, 1.165) is 12.8 Å². The molecule has 0 bridgehead atoms. The van der Waals surface area contributed by atoms with Crippen molar-refractivity contribution in [3.05, 3.63) is 68.8 Å². The standard InChI is InChI=1S/C19H16BrFN4O3/c20-14-6-7-16(17(10-14)25(26)27)24-8-2-4-13(11-24)19-22-18(23-28-19)12-3-1-5-15(21)9-12/h1,3,5-7,9-10,13H,2,4,8,11H2. The van der Waals surface area contributed by atoms with Crippen LogP contribution in [0.1, 0.15) is 24.7 Å². The van der Waals surface area contributed by atoms with Crippen LogP contribution < -0.4 is 4.90 Å². The molecule has 2 aromatic carbocycles. The van der Waals surface area contributed by atoms with E-state index in [4.69, 9.17) is 4.52 Å². The summed E-state index contributed by atoms with van der Waals surface area (Å²) >= 11 is 3.28. The Bertz CT molecular complexity index is 1030. The molecule has 2 heterocycles. The van der Waals surface area contributed by atoms with E-state index in [0.29, 0.717) is 40.5 Å². The second-order valence-corrected chi connectivity index (χ2v) is 7.56. The average Bonchev–Trinajstić information content (AvgIpc) is 3.18. The third kappa shape index (κ3) is 3.75. The fourth-order valence-electron chi connectivity index (χ4n) is 3.45. The molecule has 28 heavy (non-hydrogen) atoms. The van der Waals surface area contributed by atoms with Gasteiger partial charge in [0.05, 0.1) is 10.8 Å². The maximum Gasteiger partial charge on any atom is 0.293 e. The van der Waals surface area contributed by atoms with Gasteiger partial charge in [0.15, 0.2) is 0 Å². The van der Waals surface area contributed by atoms with Crippen LogP contribution in [-0.2, 0) is 0 Å². The van der Waals surface area contributed by atoms with Crippen LogP contribution >= 0.6 is 15.9 Å². The van der Waals surface area contributed by atoms with Crippen molar-refractivity contribution in [1.82, 2.24) is 10.1 Å². The molecule has 1 aliphatic rings. The zero-order valence-electron chi connectivity index (χ0n) is 14.7. The second kappa shape index (κ2) is 7.67. The zero-order chi connectivity index (χ0) is 19.7. The van der Waals surface area contributed by atoms with Crippen LogP contribution in [0.4, 0.5) is 15.8 Å². The first-order valence-corrected chi connectivity index (χ1v) is 9.59. The highest BCUT2D eigenvalue weighted by Crippen LogP contribution is 2.36. The van der Waals surface area contributed by atoms with Crippen molar-refractivity contribution in [2.45, 2.75) is 18.8 Å². The van der Waals surface area contributed by atoms with Gasteiger partial charge in [-0.15, -0.1) is 0 Å². The Labute approximate surface area is 168 Å². The summed E-state index contributed by atoms with van der Waals surface area (Å²) < 4.78 is 19.5. The zero-order valence-corrected chi connectivity index (χ0v) is 16.3. The summed E-state index contributed by atoms with van der Waals surface area (Å²) in [5.74, 6) is 0.382. The van der Waals surface area contributed by atoms with Gasteiger partial charge in [-0.1, -0.05) is 33.2 Å². The van der Waals surface area contributed by atoms with Crippen molar-refractivity contribution < 1.29 is 13.8 Å². The van der Waals surface area contributed by atoms with Crippen molar-refractivity contribution in [2.24, 2.45) is 0 Å². The predicted molar refractivity (Wildman–Crippen MR) is 105 cm³/mol. The minimum atomic E-state index is -0.377. The normalized spacial score (nSPS) is 16.9. The van der Waals surface area contributed by atoms with Crippen LogP contribution in [0.2, 0.25) is 0 Å². The van der Waals surface area contributed by atoms with Crippen molar-refractivity contribution in [3.63, 3.8) is 0 Å². The number of halogens is 2. The van der Waals surface area contributed by atoms with Crippen LogP contribution in [0.5, 0.6) is 0 Å². The molecule has 1 unspecified atom stereocenters. The van der Waals surface area contributed by atoms with Crippen LogP contribution in [0.3, 0.4) is 0 Å². The summed E-state index contributed by atoms with van der Waals surface area (Å²) in [5.41, 5.74) is 1.18. The lowest BCUT2D eigenvalue weighted by atomic mass is 9.97. The maximum absolute atomic E-state index is 13.4. The van der Waals surface area contributed by atoms with Gasteiger partial charge in [-0.3, -0.25) is 10.1 Å². The van der Waals surface area contributed by atoms with Gasteiger partial charge in [0, 0.05) is 29.2 Å². The molecule has 3 aromatic rings. The van der Waals surface area contributed by atoms with Crippen LogP contribution in [0, 0.1) is 15.9 Å². The topological polar surface area (TPSA) is 85.3 Å². The van der Waals surface area contributed by atoms with E-state index >= 15 is 0 Å². The molecule has 0 saturated carbocycles. The molecule has 0 aliphatic carbocycles. The number of hydrogen-bond donors (Lipinski definition) is 0. The van der Waals surface area contributed by atoms with Crippen LogP contribution in [-0.4, -0.2) is 28.2 Å². The van der Waals surface area contributed by atoms with Gasteiger partial charge in [-0.2, -0.15) is 4.98 Å². The first-order valence-electron chi connectivity index (χ1n) is 8.79. The number of piperidine rings is 1. The van der Waals surface area contributed by atoms with Crippen molar-refractivity contribution >= 4 is 27.3 Å². The fourth-order valence-corrected chi connectivity index (χ4v) is 3.80. The van der Waals surface area contributed by atoms with Gasteiger partial charge >= 0.3 is 0 Å². The van der Waals surface area contributed by atoms with Crippen LogP contribution in [0.15, 0.2) is 51.5 Å². The van der Waals surface area contributed by atoms with E-state index in [1.807, 2.05) is 4.90 Å². The first-order chi connectivity index (χ1) is 13.5. The van der Waals surface area contributed by atoms with E-state index in [-0.39, 0.29) is 22.3 Å². The number of nitro groups is 1. The Morgan fingerprint density at radius 2 is 2.14 bits per heavy atom. The Morgan fingerprint density at radius 3 is 2.93 bits per heavy atom. The van der Waals surface area contributed by atoms with Crippen molar-refractivity contribution in [3.8, 4) is 11.4 Å². The molecule has 9 heteroatoms. The Morgan fingerprint density at radius 1 is 1.29 bits per heavy atom. The highest BCUT2D eigenvalue weighted by Gasteiger charge is 2.29. The highest BCUT2D eigenvalue weighted by molar-refractivity contribution is 9.10. The first kappa shape index (κ1) is 18.5. The van der Waals surface area contributed by atoms with Gasteiger partial charge in [-0.25, -0.2) is 4.39 Å². The smallest absolute Gasteiger partial charge is 0.293 e. The highest BCUT2D eigenvalue weighted by atomic mass is 79.9. The minimum Gasteiger partial charge on any atom is -0.365 e. The molecule has 4 rings (SSSR count). The SMILES string of the molecule is O=[N+]([O-])c1cc(Br)ccc1N1CCCC(c2nc(-c3cccc(F)c3)no2)C1. The largest absolute Gasteiger partial charge is 0.365 e. The van der Waals surface area contributed by atoms with Gasteiger partial charge in [-0.05, 0) is 37.1 Å². The molecule has 1 fully saturated rings. The molecule has 0 radical (unpaired) electrons. The molecule has 144 valence electrons. The van der Waals surface area contributed by atoms with Crippen molar-refractivity contribution in [1.29, 1.82) is 0 Å². The number of benzene rings is 2. The molecule has 7 nitrogen and oxygen atoms in total.